The van der Waals surface area contributed by atoms with Crippen LogP contribution in [0.2, 0.25) is 0 Å². The maximum atomic E-state index is 12.6. The molecule has 0 unspecified atom stereocenters. The normalized spacial score (nSPS) is 14.8. The number of carbonyl (C=O) groups excluding carboxylic acids is 1. The molecule has 28 heavy (non-hydrogen) atoms. The molecule has 0 aliphatic carbocycles. The van der Waals surface area contributed by atoms with E-state index in [0.29, 0.717) is 10.7 Å². The van der Waals surface area contributed by atoms with E-state index < -0.39 is 0 Å². The lowest BCUT2D eigenvalue weighted by Crippen LogP contribution is -2.35. The average Bonchev–Trinajstić information content (AvgIpc) is 3.12. The Labute approximate surface area is 169 Å². The number of aryl methyl sites for hydroxylation is 1. The van der Waals surface area contributed by atoms with Crippen molar-refractivity contribution in [1.29, 1.82) is 0 Å². The molecular formula is C22H23N3O2S. The first-order chi connectivity index (χ1) is 13.7. The molecule has 0 radical (unpaired) electrons. The van der Waals surface area contributed by atoms with Crippen LogP contribution in [0.25, 0.3) is 11.3 Å². The van der Waals surface area contributed by atoms with Crippen molar-refractivity contribution in [2.24, 2.45) is 0 Å². The average molecular weight is 394 g/mol. The van der Waals surface area contributed by atoms with Crippen LogP contribution >= 0.6 is 11.3 Å². The van der Waals surface area contributed by atoms with E-state index in [0.717, 1.165) is 54.5 Å². The third-order valence-electron chi connectivity index (χ3n) is 4.75. The molecule has 4 rings (SSSR count). The second kappa shape index (κ2) is 8.65. The van der Waals surface area contributed by atoms with Crippen molar-refractivity contribution in [3.63, 3.8) is 0 Å². The van der Waals surface area contributed by atoms with Gasteiger partial charge in [0.2, 0.25) is 0 Å². The molecule has 2 heterocycles. The number of hydrogen-bond acceptors (Lipinski definition) is 5. The molecule has 1 aliphatic heterocycles. The summed E-state index contributed by atoms with van der Waals surface area (Å²) >= 11 is 1.55. The molecule has 1 aliphatic rings. The standard InChI is InChI=1S/C22H23N3O2S/c1-16-7-9-18(10-8-16)21(26)24-22-23-20(17-5-3-2-4-6-17)19(28-22)15-25-11-13-27-14-12-25/h2-10H,11-15H2,1H3,(H,23,24,26). The first-order valence-corrected chi connectivity index (χ1v) is 10.2. The number of hydrogen-bond donors (Lipinski definition) is 1. The molecule has 0 saturated carbocycles. The van der Waals surface area contributed by atoms with Gasteiger partial charge in [-0.15, -0.1) is 0 Å². The summed E-state index contributed by atoms with van der Waals surface area (Å²) in [7, 11) is 0. The van der Waals surface area contributed by atoms with Crippen molar-refractivity contribution < 1.29 is 9.53 Å². The van der Waals surface area contributed by atoms with Gasteiger partial charge in [0.25, 0.3) is 5.91 Å². The Hall–Kier alpha value is -2.54. The molecule has 1 amide bonds. The van der Waals surface area contributed by atoms with Crippen LogP contribution in [-0.2, 0) is 11.3 Å². The van der Waals surface area contributed by atoms with E-state index in [9.17, 15) is 4.79 Å². The molecule has 5 nitrogen and oxygen atoms in total. The maximum absolute atomic E-state index is 12.6. The van der Waals surface area contributed by atoms with Gasteiger partial charge in [-0.2, -0.15) is 0 Å². The molecule has 1 fully saturated rings. The van der Waals surface area contributed by atoms with Gasteiger partial charge in [0.05, 0.1) is 18.9 Å². The fraction of sp³-hybridized carbons (Fsp3) is 0.273. The van der Waals surface area contributed by atoms with Crippen LogP contribution in [0.5, 0.6) is 0 Å². The SMILES string of the molecule is Cc1ccc(C(=O)Nc2nc(-c3ccccc3)c(CN3CCOCC3)s2)cc1. The minimum atomic E-state index is -0.133. The number of carbonyl (C=O) groups is 1. The highest BCUT2D eigenvalue weighted by Gasteiger charge is 2.19. The van der Waals surface area contributed by atoms with Gasteiger partial charge in [-0.25, -0.2) is 4.98 Å². The summed E-state index contributed by atoms with van der Waals surface area (Å²) < 4.78 is 5.46. The summed E-state index contributed by atoms with van der Waals surface area (Å²) in [6.45, 7) is 6.17. The molecule has 3 aromatic rings. The lowest BCUT2D eigenvalue weighted by Gasteiger charge is -2.26. The molecular weight excluding hydrogens is 370 g/mol. The van der Waals surface area contributed by atoms with Crippen LogP contribution in [0, 0.1) is 6.92 Å². The predicted octanol–water partition coefficient (Wildman–Crippen LogP) is 4.20. The fourth-order valence-corrected chi connectivity index (χ4v) is 4.19. The smallest absolute Gasteiger partial charge is 0.257 e. The Morgan fingerprint density at radius 1 is 1.11 bits per heavy atom. The number of nitrogens with zero attached hydrogens (tertiary/aromatic N) is 2. The van der Waals surface area contributed by atoms with Crippen LogP contribution in [0.3, 0.4) is 0 Å². The lowest BCUT2D eigenvalue weighted by atomic mass is 10.1. The molecule has 1 N–H and O–H groups in total. The van der Waals surface area contributed by atoms with Gasteiger partial charge in [0.15, 0.2) is 5.13 Å². The molecule has 2 aromatic carbocycles. The van der Waals surface area contributed by atoms with E-state index in [1.165, 1.54) is 0 Å². The number of nitrogens with one attached hydrogen (secondary N) is 1. The molecule has 0 spiro atoms. The number of thiazole rings is 1. The van der Waals surface area contributed by atoms with Crippen LogP contribution < -0.4 is 5.32 Å². The zero-order valence-corrected chi connectivity index (χ0v) is 16.7. The van der Waals surface area contributed by atoms with Crippen LogP contribution in [0.15, 0.2) is 54.6 Å². The van der Waals surface area contributed by atoms with E-state index >= 15 is 0 Å². The number of aromatic nitrogens is 1. The number of rotatable bonds is 5. The van der Waals surface area contributed by atoms with E-state index in [1.54, 1.807) is 11.3 Å². The maximum Gasteiger partial charge on any atom is 0.257 e. The molecule has 6 heteroatoms. The van der Waals surface area contributed by atoms with Gasteiger partial charge in [-0.1, -0.05) is 59.4 Å². The van der Waals surface area contributed by atoms with Crippen molar-refractivity contribution in [3.8, 4) is 11.3 Å². The van der Waals surface area contributed by atoms with E-state index in [-0.39, 0.29) is 5.91 Å². The predicted molar refractivity (Wildman–Crippen MR) is 113 cm³/mol. The quantitative estimate of drug-likeness (QED) is 0.706. The Kier molecular flexibility index (Phi) is 5.81. The van der Waals surface area contributed by atoms with Crippen molar-refractivity contribution >= 4 is 22.4 Å². The Bertz CT molecular complexity index is 932. The number of morpholine rings is 1. The van der Waals surface area contributed by atoms with Gasteiger partial charge < -0.3 is 4.74 Å². The highest BCUT2D eigenvalue weighted by molar-refractivity contribution is 7.16. The van der Waals surface area contributed by atoms with E-state index in [1.807, 2.05) is 49.4 Å². The summed E-state index contributed by atoms with van der Waals surface area (Å²) in [5.74, 6) is -0.133. The van der Waals surface area contributed by atoms with Crippen molar-refractivity contribution in [3.05, 3.63) is 70.6 Å². The number of amides is 1. The topological polar surface area (TPSA) is 54.5 Å². The van der Waals surface area contributed by atoms with Gasteiger partial charge in [0.1, 0.15) is 0 Å². The fourth-order valence-electron chi connectivity index (χ4n) is 3.17. The van der Waals surface area contributed by atoms with Gasteiger partial charge >= 0.3 is 0 Å². The van der Waals surface area contributed by atoms with Crippen molar-refractivity contribution in [2.45, 2.75) is 13.5 Å². The summed E-state index contributed by atoms with van der Waals surface area (Å²) in [6.07, 6.45) is 0. The zero-order valence-electron chi connectivity index (χ0n) is 15.9. The van der Waals surface area contributed by atoms with Crippen LogP contribution in [0.4, 0.5) is 5.13 Å². The zero-order chi connectivity index (χ0) is 19.3. The first kappa shape index (κ1) is 18.8. The van der Waals surface area contributed by atoms with Crippen LogP contribution in [0.1, 0.15) is 20.8 Å². The third-order valence-corrected chi connectivity index (χ3v) is 5.71. The minimum absolute atomic E-state index is 0.133. The van der Waals surface area contributed by atoms with Crippen LogP contribution in [-0.4, -0.2) is 42.1 Å². The van der Waals surface area contributed by atoms with Gasteiger partial charge in [-0.05, 0) is 19.1 Å². The van der Waals surface area contributed by atoms with E-state index in [2.05, 4.69) is 22.3 Å². The Morgan fingerprint density at radius 3 is 2.54 bits per heavy atom. The second-order valence-electron chi connectivity index (χ2n) is 6.87. The monoisotopic (exact) mass is 393 g/mol. The molecule has 0 atom stereocenters. The van der Waals surface area contributed by atoms with E-state index in [4.69, 9.17) is 9.72 Å². The van der Waals surface area contributed by atoms with Gasteiger partial charge in [0, 0.05) is 35.6 Å². The highest BCUT2D eigenvalue weighted by atomic mass is 32.1. The molecule has 0 bridgehead atoms. The number of ether oxygens (including phenoxy) is 1. The summed E-state index contributed by atoms with van der Waals surface area (Å²) in [5.41, 5.74) is 3.77. The largest absolute Gasteiger partial charge is 0.379 e. The van der Waals surface area contributed by atoms with Crippen molar-refractivity contribution in [2.75, 3.05) is 31.6 Å². The second-order valence-corrected chi connectivity index (χ2v) is 7.95. The van der Waals surface area contributed by atoms with Crippen molar-refractivity contribution in [1.82, 2.24) is 9.88 Å². The summed E-state index contributed by atoms with van der Waals surface area (Å²) in [5, 5.41) is 3.60. The highest BCUT2D eigenvalue weighted by Crippen LogP contribution is 2.32. The lowest BCUT2D eigenvalue weighted by molar-refractivity contribution is 0.0347. The van der Waals surface area contributed by atoms with Gasteiger partial charge in [-0.3, -0.25) is 15.0 Å². The number of anilines is 1. The third kappa shape index (κ3) is 4.47. The Morgan fingerprint density at radius 2 is 1.82 bits per heavy atom. The molecule has 1 saturated heterocycles. The minimum Gasteiger partial charge on any atom is -0.379 e. The number of benzene rings is 2. The molecule has 1 aromatic heterocycles. The summed E-state index contributed by atoms with van der Waals surface area (Å²) in [6, 6.07) is 17.7. The summed E-state index contributed by atoms with van der Waals surface area (Å²) in [4.78, 5) is 20.9. The first-order valence-electron chi connectivity index (χ1n) is 9.42. The Balaban J connectivity index is 1.58. The molecule has 144 valence electrons.